The number of likely N-dealkylation sites (tertiary alicyclic amines) is 1. The van der Waals surface area contributed by atoms with Gasteiger partial charge in [0.2, 0.25) is 5.91 Å². The van der Waals surface area contributed by atoms with Crippen molar-refractivity contribution in [2.45, 2.75) is 44.9 Å². The zero-order valence-corrected chi connectivity index (χ0v) is 12.8. The van der Waals surface area contributed by atoms with Crippen LogP contribution in [0.2, 0.25) is 0 Å². The highest BCUT2D eigenvalue weighted by molar-refractivity contribution is 5.80. The van der Waals surface area contributed by atoms with Crippen molar-refractivity contribution in [3.05, 3.63) is 30.3 Å². The Labute approximate surface area is 127 Å². The Bertz CT molecular complexity index is 455. The topological polar surface area (TPSA) is 32.3 Å². The summed E-state index contributed by atoms with van der Waals surface area (Å²) in [6, 6.07) is 9.96. The molecule has 1 amide bonds. The second-order valence-electron chi connectivity index (χ2n) is 6.66. The maximum absolute atomic E-state index is 12.3. The van der Waals surface area contributed by atoms with Crippen LogP contribution < -0.4 is 5.32 Å². The minimum atomic E-state index is 0.240. The van der Waals surface area contributed by atoms with E-state index in [0.29, 0.717) is 12.0 Å². The van der Waals surface area contributed by atoms with Crippen LogP contribution in [0.15, 0.2) is 30.3 Å². The van der Waals surface area contributed by atoms with Crippen LogP contribution in [0.25, 0.3) is 0 Å². The second kappa shape index (κ2) is 6.50. The van der Waals surface area contributed by atoms with Crippen molar-refractivity contribution in [2.24, 2.45) is 5.41 Å². The molecular formula is C18H26N2O. The zero-order valence-electron chi connectivity index (χ0n) is 12.8. The number of rotatable bonds is 3. The Morgan fingerprint density at radius 1 is 1.00 bits per heavy atom. The molecule has 2 aliphatic rings. The van der Waals surface area contributed by atoms with E-state index in [2.05, 4.69) is 10.2 Å². The summed E-state index contributed by atoms with van der Waals surface area (Å²) >= 11 is 0. The predicted molar refractivity (Wildman–Crippen MR) is 86.3 cm³/mol. The lowest BCUT2D eigenvalue weighted by molar-refractivity contribution is -0.132. The summed E-state index contributed by atoms with van der Waals surface area (Å²) in [5.41, 5.74) is 1.59. The standard InChI is InChI=1S/C18H26N2O/c21-17(15-19-16-7-3-1-4-8-16)20-13-11-18(12-14-20)9-5-2-6-10-18/h1,3-4,7-8,19H,2,5-6,9-15H2. The van der Waals surface area contributed by atoms with Crippen molar-refractivity contribution in [3.8, 4) is 0 Å². The molecule has 0 bridgehead atoms. The lowest BCUT2D eigenvalue weighted by Crippen LogP contribution is -2.45. The van der Waals surface area contributed by atoms with Crippen molar-refractivity contribution >= 4 is 11.6 Å². The van der Waals surface area contributed by atoms with E-state index in [1.807, 2.05) is 30.3 Å². The third kappa shape index (κ3) is 3.58. The van der Waals surface area contributed by atoms with E-state index >= 15 is 0 Å². The Hall–Kier alpha value is -1.51. The largest absolute Gasteiger partial charge is 0.376 e. The average molecular weight is 286 g/mol. The minimum Gasteiger partial charge on any atom is -0.376 e. The van der Waals surface area contributed by atoms with Crippen molar-refractivity contribution in [1.82, 2.24) is 4.90 Å². The van der Waals surface area contributed by atoms with Crippen molar-refractivity contribution < 1.29 is 4.79 Å². The summed E-state index contributed by atoms with van der Waals surface area (Å²) in [5.74, 6) is 0.240. The molecule has 3 heteroatoms. The maximum Gasteiger partial charge on any atom is 0.241 e. The molecule has 1 heterocycles. The number of hydrogen-bond acceptors (Lipinski definition) is 2. The monoisotopic (exact) mass is 286 g/mol. The molecule has 1 aliphatic carbocycles. The van der Waals surface area contributed by atoms with Crippen LogP contribution in [0.1, 0.15) is 44.9 Å². The molecule has 1 spiro atoms. The molecule has 2 fully saturated rings. The molecule has 3 rings (SSSR count). The van der Waals surface area contributed by atoms with Gasteiger partial charge in [0.1, 0.15) is 0 Å². The van der Waals surface area contributed by atoms with E-state index in [-0.39, 0.29) is 5.91 Å². The van der Waals surface area contributed by atoms with Crippen LogP contribution in [0.4, 0.5) is 5.69 Å². The van der Waals surface area contributed by atoms with Gasteiger partial charge in [0.15, 0.2) is 0 Å². The SMILES string of the molecule is O=C(CNc1ccccc1)N1CCC2(CCCCC2)CC1. The Morgan fingerprint density at radius 2 is 1.67 bits per heavy atom. The van der Waals surface area contributed by atoms with Crippen LogP contribution in [0.5, 0.6) is 0 Å². The normalized spacial score (nSPS) is 21.2. The molecule has 0 atom stereocenters. The van der Waals surface area contributed by atoms with Crippen LogP contribution in [0.3, 0.4) is 0 Å². The number of carbonyl (C=O) groups excluding carboxylic acids is 1. The molecule has 21 heavy (non-hydrogen) atoms. The number of benzene rings is 1. The van der Waals surface area contributed by atoms with E-state index in [0.717, 1.165) is 18.8 Å². The maximum atomic E-state index is 12.3. The van der Waals surface area contributed by atoms with Gasteiger partial charge in [-0.25, -0.2) is 0 Å². The summed E-state index contributed by atoms with van der Waals surface area (Å²) in [7, 11) is 0. The molecule has 0 unspecified atom stereocenters. The van der Waals surface area contributed by atoms with Crippen LogP contribution in [0, 0.1) is 5.41 Å². The molecular weight excluding hydrogens is 260 g/mol. The fourth-order valence-corrected chi connectivity index (χ4v) is 3.88. The summed E-state index contributed by atoms with van der Waals surface area (Å²) in [4.78, 5) is 14.4. The van der Waals surface area contributed by atoms with E-state index in [9.17, 15) is 4.79 Å². The smallest absolute Gasteiger partial charge is 0.241 e. The molecule has 1 aromatic carbocycles. The molecule has 1 saturated heterocycles. The Morgan fingerprint density at radius 3 is 2.33 bits per heavy atom. The number of anilines is 1. The van der Waals surface area contributed by atoms with Gasteiger partial charge in [-0.1, -0.05) is 37.5 Å². The van der Waals surface area contributed by atoms with E-state index in [4.69, 9.17) is 0 Å². The van der Waals surface area contributed by atoms with Crippen molar-refractivity contribution in [1.29, 1.82) is 0 Å². The summed E-state index contributed by atoms with van der Waals surface area (Å²) in [5, 5.41) is 3.22. The first kappa shape index (κ1) is 14.4. The highest BCUT2D eigenvalue weighted by atomic mass is 16.2. The first-order chi connectivity index (χ1) is 10.3. The van der Waals surface area contributed by atoms with Crippen LogP contribution in [-0.2, 0) is 4.79 Å². The van der Waals surface area contributed by atoms with Gasteiger partial charge in [0, 0.05) is 18.8 Å². The molecule has 114 valence electrons. The molecule has 0 radical (unpaired) electrons. The third-order valence-electron chi connectivity index (χ3n) is 5.31. The second-order valence-corrected chi connectivity index (χ2v) is 6.66. The number of nitrogens with one attached hydrogen (secondary N) is 1. The minimum absolute atomic E-state index is 0.240. The van der Waals surface area contributed by atoms with Gasteiger partial charge in [0.25, 0.3) is 0 Å². The van der Waals surface area contributed by atoms with Gasteiger partial charge in [-0.05, 0) is 43.2 Å². The van der Waals surface area contributed by atoms with Crippen molar-refractivity contribution in [2.75, 3.05) is 25.0 Å². The molecule has 1 N–H and O–H groups in total. The van der Waals surface area contributed by atoms with Gasteiger partial charge in [-0.15, -0.1) is 0 Å². The number of carbonyl (C=O) groups is 1. The summed E-state index contributed by atoms with van der Waals surface area (Å²) in [6.45, 7) is 2.32. The number of para-hydroxylation sites is 1. The van der Waals surface area contributed by atoms with E-state index in [1.54, 1.807) is 0 Å². The molecule has 1 saturated carbocycles. The fraction of sp³-hybridized carbons (Fsp3) is 0.611. The number of nitrogens with zero attached hydrogens (tertiary/aromatic N) is 1. The van der Waals surface area contributed by atoms with Crippen LogP contribution >= 0.6 is 0 Å². The molecule has 1 aromatic rings. The first-order valence-corrected chi connectivity index (χ1v) is 8.34. The van der Waals surface area contributed by atoms with Gasteiger partial charge in [-0.2, -0.15) is 0 Å². The van der Waals surface area contributed by atoms with Gasteiger partial charge in [-0.3, -0.25) is 4.79 Å². The molecule has 0 aromatic heterocycles. The molecule has 1 aliphatic heterocycles. The van der Waals surface area contributed by atoms with Crippen LogP contribution in [-0.4, -0.2) is 30.4 Å². The Balaban J connectivity index is 1.46. The number of amides is 1. The quantitative estimate of drug-likeness (QED) is 0.919. The summed E-state index contributed by atoms with van der Waals surface area (Å²) < 4.78 is 0. The van der Waals surface area contributed by atoms with Gasteiger partial charge < -0.3 is 10.2 Å². The van der Waals surface area contributed by atoms with E-state index < -0.39 is 0 Å². The van der Waals surface area contributed by atoms with Crippen molar-refractivity contribution in [3.63, 3.8) is 0 Å². The predicted octanol–water partition coefficient (Wildman–Crippen LogP) is 3.67. The Kier molecular flexibility index (Phi) is 4.47. The fourth-order valence-electron chi connectivity index (χ4n) is 3.88. The van der Waals surface area contributed by atoms with Gasteiger partial charge >= 0.3 is 0 Å². The lowest BCUT2D eigenvalue weighted by Gasteiger charge is -2.44. The first-order valence-electron chi connectivity index (χ1n) is 8.34. The highest BCUT2D eigenvalue weighted by Crippen LogP contribution is 2.44. The number of piperidine rings is 1. The highest BCUT2D eigenvalue weighted by Gasteiger charge is 2.36. The third-order valence-corrected chi connectivity index (χ3v) is 5.31. The summed E-state index contributed by atoms with van der Waals surface area (Å²) in [6.07, 6.45) is 9.39. The van der Waals surface area contributed by atoms with E-state index in [1.165, 1.54) is 44.9 Å². The molecule has 3 nitrogen and oxygen atoms in total. The lowest BCUT2D eigenvalue weighted by atomic mass is 9.68. The van der Waals surface area contributed by atoms with Gasteiger partial charge in [0.05, 0.1) is 6.54 Å². The average Bonchev–Trinajstić information content (AvgIpc) is 2.55. The number of hydrogen-bond donors (Lipinski definition) is 1. The zero-order chi connectivity index (χ0) is 14.5.